The third-order valence-corrected chi connectivity index (χ3v) is 4.91. The molecule has 0 bridgehead atoms. The van der Waals surface area contributed by atoms with E-state index in [-0.39, 0.29) is 12.3 Å². The van der Waals surface area contributed by atoms with Gasteiger partial charge >= 0.3 is 5.97 Å². The molecule has 0 saturated carbocycles. The molecule has 0 atom stereocenters. The summed E-state index contributed by atoms with van der Waals surface area (Å²) in [5.74, 6) is -0.897. The molecule has 3 aromatic rings. The highest BCUT2D eigenvalue weighted by Crippen LogP contribution is 2.20. The van der Waals surface area contributed by atoms with Crippen LogP contribution in [0.25, 0.3) is 5.69 Å². The number of hydrogen-bond acceptors (Lipinski definition) is 4. The summed E-state index contributed by atoms with van der Waals surface area (Å²) in [4.78, 5) is 25.2. The summed E-state index contributed by atoms with van der Waals surface area (Å²) >= 11 is 0. The SMILES string of the molecule is Cc1nn(-c2ccc(C(=O)N(C)Cc3cnn(C)c3)cc2)c(C)c1CCC(=O)O. The lowest BCUT2D eigenvalue weighted by atomic mass is 10.1. The van der Waals surface area contributed by atoms with Crippen LogP contribution in [0.2, 0.25) is 0 Å². The van der Waals surface area contributed by atoms with E-state index in [1.807, 2.05) is 39.2 Å². The van der Waals surface area contributed by atoms with Crippen LogP contribution in [0.4, 0.5) is 0 Å². The van der Waals surface area contributed by atoms with Gasteiger partial charge in [-0.05, 0) is 50.1 Å². The zero-order chi connectivity index (χ0) is 21.1. The van der Waals surface area contributed by atoms with E-state index in [2.05, 4.69) is 10.2 Å². The summed E-state index contributed by atoms with van der Waals surface area (Å²) in [6, 6.07) is 7.27. The van der Waals surface area contributed by atoms with Crippen molar-refractivity contribution in [1.29, 1.82) is 0 Å². The smallest absolute Gasteiger partial charge is 0.303 e. The second-order valence-corrected chi connectivity index (χ2v) is 7.19. The van der Waals surface area contributed by atoms with Crippen LogP contribution in [0, 0.1) is 13.8 Å². The topological polar surface area (TPSA) is 93.3 Å². The monoisotopic (exact) mass is 395 g/mol. The van der Waals surface area contributed by atoms with Crippen molar-refractivity contribution in [3.05, 3.63) is 64.7 Å². The van der Waals surface area contributed by atoms with Gasteiger partial charge in [0.15, 0.2) is 0 Å². The van der Waals surface area contributed by atoms with Crippen LogP contribution < -0.4 is 0 Å². The molecular weight excluding hydrogens is 370 g/mol. The normalized spacial score (nSPS) is 10.9. The number of rotatable bonds is 7. The molecule has 0 aliphatic rings. The molecule has 1 amide bonds. The maximum atomic E-state index is 12.7. The summed E-state index contributed by atoms with van der Waals surface area (Å²) in [5.41, 5.74) is 5.07. The first kappa shape index (κ1) is 20.3. The molecule has 152 valence electrons. The molecule has 8 heteroatoms. The van der Waals surface area contributed by atoms with Crippen molar-refractivity contribution in [3.63, 3.8) is 0 Å². The molecule has 1 aromatic carbocycles. The Morgan fingerprint density at radius 1 is 1.17 bits per heavy atom. The number of carbonyl (C=O) groups excluding carboxylic acids is 1. The fraction of sp³-hybridized carbons (Fsp3) is 0.333. The molecule has 1 N–H and O–H groups in total. The van der Waals surface area contributed by atoms with Crippen molar-refractivity contribution in [1.82, 2.24) is 24.5 Å². The van der Waals surface area contributed by atoms with Crippen LogP contribution in [0.1, 0.15) is 39.3 Å². The number of aliphatic carboxylic acids is 1. The second kappa shape index (κ2) is 8.30. The summed E-state index contributed by atoms with van der Waals surface area (Å²) in [7, 11) is 3.61. The van der Waals surface area contributed by atoms with Crippen molar-refractivity contribution >= 4 is 11.9 Å². The van der Waals surface area contributed by atoms with Gasteiger partial charge in [0.25, 0.3) is 5.91 Å². The molecule has 0 saturated heterocycles. The van der Waals surface area contributed by atoms with Crippen LogP contribution in [0.5, 0.6) is 0 Å². The second-order valence-electron chi connectivity index (χ2n) is 7.19. The largest absolute Gasteiger partial charge is 0.481 e. The molecule has 29 heavy (non-hydrogen) atoms. The maximum Gasteiger partial charge on any atom is 0.303 e. The molecule has 0 radical (unpaired) electrons. The average molecular weight is 395 g/mol. The Balaban J connectivity index is 1.75. The molecule has 0 fully saturated rings. The Morgan fingerprint density at radius 3 is 2.45 bits per heavy atom. The number of hydrogen-bond donors (Lipinski definition) is 1. The van der Waals surface area contributed by atoms with E-state index in [0.29, 0.717) is 18.5 Å². The first-order chi connectivity index (χ1) is 13.8. The molecule has 0 aliphatic heterocycles. The van der Waals surface area contributed by atoms with Gasteiger partial charge in [-0.2, -0.15) is 10.2 Å². The van der Waals surface area contributed by atoms with Crippen LogP contribution in [0.3, 0.4) is 0 Å². The Labute approximate surface area is 169 Å². The van der Waals surface area contributed by atoms with E-state index in [1.54, 1.807) is 39.6 Å². The lowest BCUT2D eigenvalue weighted by Gasteiger charge is -2.16. The van der Waals surface area contributed by atoms with Crippen molar-refractivity contribution in [3.8, 4) is 5.69 Å². The van der Waals surface area contributed by atoms with Gasteiger partial charge in [-0.25, -0.2) is 4.68 Å². The summed E-state index contributed by atoms with van der Waals surface area (Å²) < 4.78 is 3.50. The van der Waals surface area contributed by atoms with E-state index in [0.717, 1.165) is 28.2 Å². The van der Waals surface area contributed by atoms with E-state index in [4.69, 9.17) is 5.11 Å². The highest BCUT2D eigenvalue weighted by molar-refractivity contribution is 5.94. The lowest BCUT2D eigenvalue weighted by molar-refractivity contribution is -0.136. The van der Waals surface area contributed by atoms with E-state index >= 15 is 0 Å². The number of aryl methyl sites for hydroxylation is 2. The van der Waals surface area contributed by atoms with Gasteiger partial charge in [0.1, 0.15) is 0 Å². The van der Waals surface area contributed by atoms with Crippen molar-refractivity contribution in [2.45, 2.75) is 33.2 Å². The lowest BCUT2D eigenvalue weighted by Crippen LogP contribution is -2.26. The third kappa shape index (κ3) is 4.53. The van der Waals surface area contributed by atoms with Crippen LogP contribution >= 0.6 is 0 Å². The molecular formula is C21H25N5O3. The third-order valence-electron chi connectivity index (χ3n) is 4.91. The van der Waals surface area contributed by atoms with Gasteiger partial charge in [0.05, 0.1) is 17.6 Å². The summed E-state index contributed by atoms with van der Waals surface area (Å²) in [6.07, 6.45) is 4.15. The van der Waals surface area contributed by atoms with E-state index in [1.165, 1.54) is 0 Å². The number of carboxylic acids is 1. The standard InChI is InChI=1S/C21H25N5O3/c1-14-19(9-10-20(27)28)15(2)26(23-14)18-7-5-17(6-8-18)21(29)24(3)12-16-11-22-25(4)13-16/h5-8,11,13H,9-10,12H2,1-4H3,(H,27,28). The minimum absolute atomic E-state index is 0.0732. The Morgan fingerprint density at radius 2 is 1.86 bits per heavy atom. The van der Waals surface area contributed by atoms with Gasteiger partial charge in [0, 0.05) is 50.1 Å². The molecule has 0 spiro atoms. The fourth-order valence-corrected chi connectivity index (χ4v) is 3.38. The summed E-state index contributed by atoms with van der Waals surface area (Å²) in [5, 5.41) is 17.6. The van der Waals surface area contributed by atoms with Crippen molar-refractivity contribution in [2.75, 3.05) is 7.05 Å². The van der Waals surface area contributed by atoms with Gasteiger partial charge in [-0.3, -0.25) is 14.3 Å². The fourth-order valence-electron chi connectivity index (χ4n) is 3.38. The number of carboxylic acid groups (broad SMARTS) is 1. The number of nitrogens with zero attached hydrogens (tertiary/aromatic N) is 5. The molecule has 2 aromatic heterocycles. The van der Waals surface area contributed by atoms with Gasteiger partial charge < -0.3 is 10.0 Å². The van der Waals surface area contributed by atoms with Crippen molar-refractivity contribution in [2.24, 2.45) is 7.05 Å². The highest BCUT2D eigenvalue weighted by atomic mass is 16.4. The average Bonchev–Trinajstić information content (AvgIpc) is 3.22. The Bertz CT molecular complexity index is 1030. The molecule has 0 aliphatic carbocycles. The van der Waals surface area contributed by atoms with Gasteiger partial charge in [-0.15, -0.1) is 0 Å². The minimum atomic E-state index is -0.824. The van der Waals surface area contributed by atoms with Crippen LogP contribution in [-0.2, 0) is 24.8 Å². The quantitative estimate of drug-likeness (QED) is 0.663. The number of amides is 1. The van der Waals surface area contributed by atoms with Gasteiger partial charge in [-0.1, -0.05) is 0 Å². The maximum absolute atomic E-state index is 12.7. The number of benzene rings is 1. The first-order valence-corrected chi connectivity index (χ1v) is 9.36. The summed E-state index contributed by atoms with van der Waals surface area (Å²) in [6.45, 7) is 4.29. The Kier molecular flexibility index (Phi) is 5.81. The predicted molar refractivity (Wildman–Crippen MR) is 108 cm³/mol. The number of carbonyl (C=O) groups is 2. The van der Waals surface area contributed by atoms with Crippen molar-refractivity contribution < 1.29 is 14.7 Å². The predicted octanol–water partition coefficient (Wildman–Crippen LogP) is 2.51. The Hall–Kier alpha value is -3.42. The first-order valence-electron chi connectivity index (χ1n) is 9.36. The van der Waals surface area contributed by atoms with Crippen LogP contribution in [-0.4, -0.2) is 48.5 Å². The molecule has 2 heterocycles. The highest BCUT2D eigenvalue weighted by Gasteiger charge is 2.16. The molecule has 0 unspecified atom stereocenters. The van der Waals surface area contributed by atoms with Crippen LogP contribution in [0.15, 0.2) is 36.7 Å². The van der Waals surface area contributed by atoms with Gasteiger partial charge in [0.2, 0.25) is 0 Å². The van der Waals surface area contributed by atoms with E-state index in [9.17, 15) is 9.59 Å². The zero-order valence-electron chi connectivity index (χ0n) is 17.1. The number of aromatic nitrogens is 4. The minimum Gasteiger partial charge on any atom is -0.481 e. The zero-order valence-corrected chi connectivity index (χ0v) is 17.1. The molecule has 3 rings (SSSR count). The molecule has 8 nitrogen and oxygen atoms in total. The van der Waals surface area contributed by atoms with E-state index < -0.39 is 5.97 Å².